The highest BCUT2D eigenvalue weighted by molar-refractivity contribution is 7.89. The van der Waals surface area contributed by atoms with Gasteiger partial charge in [0.25, 0.3) is 0 Å². The van der Waals surface area contributed by atoms with Crippen molar-refractivity contribution >= 4 is 33.6 Å². The molecule has 2 heterocycles. The average Bonchev–Trinajstić information content (AvgIpc) is 3.07. The zero-order chi connectivity index (χ0) is 18.9. The molecule has 3 rings (SSSR count). The Morgan fingerprint density at radius 3 is 2.27 bits per heavy atom. The number of benzene rings is 1. The Labute approximate surface area is 157 Å². The van der Waals surface area contributed by atoms with Gasteiger partial charge in [-0.05, 0) is 31.2 Å². The lowest BCUT2D eigenvalue weighted by molar-refractivity contribution is -0.133. The highest BCUT2D eigenvalue weighted by Crippen LogP contribution is 2.20. The molecule has 3 amide bonds. The third kappa shape index (κ3) is 3.71. The number of hydrogen-bond acceptors (Lipinski definition) is 5. The second kappa shape index (κ2) is 7.51. The highest BCUT2D eigenvalue weighted by Gasteiger charge is 2.35. The molecule has 26 heavy (non-hydrogen) atoms. The van der Waals surface area contributed by atoms with Crippen LogP contribution in [0, 0.1) is 0 Å². The molecule has 0 aromatic heterocycles. The minimum absolute atomic E-state index is 0.202. The molecule has 0 saturated carbocycles. The van der Waals surface area contributed by atoms with Gasteiger partial charge in [-0.2, -0.15) is 4.31 Å². The van der Waals surface area contributed by atoms with Gasteiger partial charge in [0.15, 0.2) is 0 Å². The molecule has 2 aliphatic heterocycles. The molecule has 2 saturated heterocycles. The molecule has 2 aliphatic rings. The lowest BCUT2D eigenvalue weighted by Gasteiger charge is -2.37. The molecule has 0 unspecified atom stereocenters. The molecule has 2 fully saturated rings. The van der Waals surface area contributed by atoms with Crippen LogP contribution < -0.4 is 5.32 Å². The third-order valence-corrected chi connectivity index (χ3v) is 6.92. The molecular weight excluding hydrogens is 380 g/mol. The zero-order valence-electron chi connectivity index (χ0n) is 14.4. The van der Waals surface area contributed by atoms with Crippen LogP contribution in [0.5, 0.6) is 0 Å². The van der Waals surface area contributed by atoms with Crippen molar-refractivity contribution in [2.24, 2.45) is 0 Å². The van der Waals surface area contributed by atoms with E-state index in [1.54, 1.807) is 19.1 Å². The van der Waals surface area contributed by atoms with E-state index in [1.807, 2.05) is 4.90 Å². The summed E-state index contributed by atoms with van der Waals surface area (Å²) >= 11 is 5.82. The SMILES string of the molecule is C[C@H](C(=O)N1CCNC1=O)N1CCN(S(=O)(=O)c2ccc(Cl)cc2)CC1. The normalized spacial score (nSPS) is 20.8. The van der Waals surface area contributed by atoms with E-state index in [4.69, 9.17) is 11.6 Å². The number of sulfonamides is 1. The minimum atomic E-state index is -3.58. The number of nitrogens with one attached hydrogen (secondary N) is 1. The number of nitrogens with zero attached hydrogens (tertiary/aromatic N) is 3. The number of imide groups is 1. The first kappa shape index (κ1) is 19.1. The second-order valence-corrected chi connectivity index (χ2v) is 8.67. The quantitative estimate of drug-likeness (QED) is 0.798. The molecule has 1 atom stereocenters. The molecular formula is C16H21ClN4O4S. The van der Waals surface area contributed by atoms with E-state index in [1.165, 1.54) is 21.3 Å². The summed E-state index contributed by atoms with van der Waals surface area (Å²) in [4.78, 5) is 27.4. The molecule has 1 aromatic carbocycles. The summed E-state index contributed by atoms with van der Waals surface area (Å²) in [5.74, 6) is -0.256. The monoisotopic (exact) mass is 400 g/mol. The Morgan fingerprint density at radius 1 is 1.12 bits per heavy atom. The van der Waals surface area contributed by atoms with Gasteiger partial charge in [-0.25, -0.2) is 13.2 Å². The summed E-state index contributed by atoms with van der Waals surface area (Å²) in [5, 5.41) is 3.09. The topological polar surface area (TPSA) is 90.0 Å². The molecule has 0 aliphatic carbocycles. The molecule has 142 valence electrons. The smallest absolute Gasteiger partial charge is 0.324 e. The maximum absolute atomic E-state index is 12.7. The Morgan fingerprint density at radius 2 is 1.73 bits per heavy atom. The first-order valence-corrected chi connectivity index (χ1v) is 10.2. The predicted molar refractivity (Wildman–Crippen MR) is 96.4 cm³/mol. The minimum Gasteiger partial charge on any atom is -0.336 e. The maximum Gasteiger partial charge on any atom is 0.324 e. The third-order valence-electron chi connectivity index (χ3n) is 4.75. The first-order valence-electron chi connectivity index (χ1n) is 8.39. The van der Waals surface area contributed by atoms with Crippen LogP contribution in [0.4, 0.5) is 4.79 Å². The van der Waals surface area contributed by atoms with E-state index >= 15 is 0 Å². The molecule has 1 N–H and O–H groups in total. The van der Waals surface area contributed by atoms with Crippen LogP contribution in [0.3, 0.4) is 0 Å². The summed E-state index contributed by atoms with van der Waals surface area (Å²) in [6.07, 6.45) is 0. The van der Waals surface area contributed by atoms with Crippen molar-refractivity contribution in [2.75, 3.05) is 39.3 Å². The number of urea groups is 1. The Hall–Kier alpha value is -1.68. The number of hydrogen-bond donors (Lipinski definition) is 1. The van der Waals surface area contributed by atoms with Crippen molar-refractivity contribution in [3.05, 3.63) is 29.3 Å². The van der Waals surface area contributed by atoms with Crippen LogP contribution in [-0.2, 0) is 14.8 Å². The van der Waals surface area contributed by atoms with Gasteiger partial charge >= 0.3 is 6.03 Å². The van der Waals surface area contributed by atoms with Crippen molar-refractivity contribution in [3.63, 3.8) is 0 Å². The molecule has 1 aromatic rings. The number of carbonyl (C=O) groups is 2. The van der Waals surface area contributed by atoms with E-state index in [-0.39, 0.29) is 29.9 Å². The van der Waals surface area contributed by atoms with Gasteiger partial charge in [-0.1, -0.05) is 11.6 Å². The van der Waals surface area contributed by atoms with E-state index < -0.39 is 16.1 Å². The summed E-state index contributed by atoms with van der Waals surface area (Å²) < 4.78 is 26.8. The van der Waals surface area contributed by atoms with Crippen LogP contribution in [0.15, 0.2) is 29.2 Å². The highest BCUT2D eigenvalue weighted by atomic mass is 35.5. The van der Waals surface area contributed by atoms with Crippen molar-refractivity contribution in [3.8, 4) is 0 Å². The number of carbonyl (C=O) groups excluding carboxylic acids is 2. The zero-order valence-corrected chi connectivity index (χ0v) is 16.0. The Kier molecular flexibility index (Phi) is 5.52. The van der Waals surface area contributed by atoms with Gasteiger partial charge in [-0.15, -0.1) is 0 Å². The fourth-order valence-electron chi connectivity index (χ4n) is 3.15. The van der Waals surface area contributed by atoms with Crippen LogP contribution in [-0.4, -0.2) is 79.8 Å². The second-order valence-electron chi connectivity index (χ2n) is 6.29. The van der Waals surface area contributed by atoms with Crippen molar-refractivity contribution in [1.82, 2.24) is 19.4 Å². The number of halogens is 1. The van der Waals surface area contributed by atoms with Gasteiger partial charge in [0, 0.05) is 44.3 Å². The van der Waals surface area contributed by atoms with Crippen LogP contribution in [0.2, 0.25) is 5.02 Å². The van der Waals surface area contributed by atoms with Crippen LogP contribution in [0.25, 0.3) is 0 Å². The van der Waals surface area contributed by atoms with Gasteiger partial charge < -0.3 is 5.32 Å². The summed E-state index contributed by atoms with van der Waals surface area (Å²) in [6.45, 7) is 4.00. The summed E-state index contributed by atoms with van der Waals surface area (Å²) in [6, 6.07) is 5.23. The number of amides is 3. The first-order chi connectivity index (χ1) is 12.3. The number of piperazine rings is 1. The lowest BCUT2D eigenvalue weighted by atomic mass is 10.2. The largest absolute Gasteiger partial charge is 0.336 e. The van der Waals surface area contributed by atoms with E-state index in [0.717, 1.165) is 0 Å². The van der Waals surface area contributed by atoms with Crippen molar-refractivity contribution in [2.45, 2.75) is 17.9 Å². The number of rotatable bonds is 4. The Bertz CT molecular complexity index is 791. The van der Waals surface area contributed by atoms with Gasteiger partial charge in [0.1, 0.15) is 0 Å². The molecule has 0 radical (unpaired) electrons. The molecule has 8 nitrogen and oxygen atoms in total. The van der Waals surface area contributed by atoms with Gasteiger partial charge in [-0.3, -0.25) is 14.6 Å². The van der Waals surface area contributed by atoms with E-state index in [9.17, 15) is 18.0 Å². The molecule has 10 heteroatoms. The molecule has 0 bridgehead atoms. The fraction of sp³-hybridized carbons (Fsp3) is 0.500. The maximum atomic E-state index is 12.7. The average molecular weight is 401 g/mol. The lowest BCUT2D eigenvalue weighted by Crippen LogP contribution is -2.55. The van der Waals surface area contributed by atoms with E-state index in [2.05, 4.69) is 5.32 Å². The fourth-order valence-corrected chi connectivity index (χ4v) is 4.70. The Balaban J connectivity index is 1.62. The molecule has 0 spiro atoms. The summed E-state index contributed by atoms with van der Waals surface area (Å²) in [5.41, 5.74) is 0. The standard InChI is InChI=1S/C16H21ClN4O4S/c1-12(15(22)21-7-6-18-16(21)23)19-8-10-20(11-9-19)26(24,25)14-4-2-13(17)3-5-14/h2-5,12H,6-11H2,1H3,(H,18,23)/t12-/m1/s1. The van der Waals surface area contributed by atoms with E-state index in [0.29, 0.717) is 31.2 Å². The van der Waals surface area contributed by atoms with Crippen LogP contribution >= 0.6 is 11.6 Å². The van der Waals surface area contributed by atoms with Gasteiger partial charge in [0.2, 0.25) is 15.9 Å². The van der Waals surface area contributed by atoms with Gasteiger partial charge in [0.05, 0.1) is 10.9 Å². The van der Waals surface area contributed by atoms with Crippen LogP contribution in [0.1, 0.15) is 6.92 Å². The van der Waals surface area contributed by atoms with Crippen molar-refractivity contribution in [1.29, 1.82) is 0 Å². The predicted octanol–water partition coefficient (Wildman–Crippen LogP) is 0.587. The van der Waals surface area contributed by atoms with Crippen molar-refractivity contribution < 1.29 is 18.0 Å². The summed E-state index contributed by atoms with van der Waals surface area (Å²) in [7, 11) is -3.58.